The van der Waals surface area contributed by atoms with Crippen LogP contribution >= 0.6 is 0 Å². The predicted molar refractivity (Wildman–Crippen MR) is 69.8 cm³/mol. The lowest BCUT2D eigenvalue weighted by molar-refractivity contribution is 0.131. The molecule has 1 fully saturated rings. The Morgan fingerprint density at radius 2 is 1.89 bits per heavy atom. The van der Waals surface area contributed by atoms with Crippen molar-refractivity contribution in [2.75, 3.05) is 7.11 Å². The highest BCUT2D eigenvalue weighted by atomic mass is 16.5. The molecule has 0 bridgehead atoms. The number of ether oxygens (including phenoxy) is 2. The van der Waals surface area contributed by atoms with Crippen molar-refractivity contribution in [1.29, 1.82) is 5.26 Å². The minimum atomic E-state index is 0.281. The summed E-state index contributed by atoms with van der Waals surface area (Å²) in [7, 11) is 1.60. The summed E-state index contributed by atoms with van der Waals surface area (Å²) in [5.74, 6) is 2.21. The maximum Gasteiger partial charge on any atom is 0.162 e. The van der Waals surface area contributed by atoms with Crippen LogP contribution in [-0.4, -0.2) is 13.2 Å². The van der Waals surface area contributed by atoms with Gasteiger partial charge in [-0.05, 0) is 43.7 Å². The molecule has 18 heavy (non-hydrogen) atoms. The van der Waals surface area contributed by atoms with Gasteiger partial charge in [0, 0.05) is 6.07 Å². The molecule has 0 radical (unpaired) electrons. The molecule has 1 aliphatic rings. The van der Waals surface area contributed by atoms with Gasteiger partial charge in [-0.3, -0.25) is 0 Å². The highest BCUT2D eigenvalue weighted by Gasteiger charge is 2.20. The molecule has 0 unspecified atom stereocenters. The van der Waals surface area contributed by atoms with E-state index in [4.69, 9.17) is 14.7 Å². The lowest BCUT2D eigenvalue weighted by atomic mass is 9.89. The molecular formula is C15H19NO2. The van der Waals surface area contributed by atoms with Crippen molar-refractivity contribution >= 4 is 0 Å². The third-order valence-electron chi connectivity index (χ3n) is 3.55. The molecule has 0 aliphatic heterocycles. The molecule has 0 spiro atoms. The minimum absolute atomic E-state index is 0.281. The summed E-state index contributed by atoms with van der Waals surface area (Å²) >= 11 is 0. The van der Waals surface area contributed by atoms with E-state index in [1.54, 1.807) is 19.2 Å². The predicted octanol–water partition coefficient (Wildman–Crippen LogP) is 3.52. The summed E-state index contributed by atoms with van der Waals surface area (Å²) in [4.78, 5) is 0. The molecule has 1 aliphatic carbocycles. The fraction of sp³-hybridized carbons (Fsp3) is 0.533. The fourth-order valence-electron chi connectivity index (χ4n) is 2.36. The zero-order valence-electron chi connectivity index (χ0n) is 11.0. The lowest BCUT2D eigenvalue weighted by Gasteiger charge is -2.27. The molecule has 1 saturated carbocycles. The third kappa shape index (κ3) is 2.95. The normalized spacial score (nSPS) is 23.2. The molecule has 1 aromatic carbocycles. The molecule has 0 amide bonds. The Hall–Kier alpha value is -1.69. The van der Waals surface area contributed by atoms with E-state index in [1.807, 2.05) is 6.07 Å². The van der Waals surface area contributed by atoms with E-state index in [9.17, 15) is 0 Å². The molecule has 96 valence electrons. The van der Waals surface area contributed by atoms with E-state index in [0.29, 0.717) is 11.3 Å². The highest BCUT2D eigenvalue weighted by Crippen LogP contribution is 2.32. The summed E-state index contributed by atoms with van der Waals surface area (Å²) in [6.07, 6.45) is 4.93. The molecule has 0 saturated heterocycles. The molecule has 1 aromatic rings. The summed E-state index contributed by atoms with van der Waals surface area (Å²) in [6.45, 7) is 2.29. The molecule has 3 nitrogen and oxygen atoms in total. The SMILES string of the molecule is COc1cc(C#N)ccc1OC1CCC(C)CC1. The second-order valence-corrected chi connectivity index (χ2v) is 4.98. The maximum absolute atomic E-state index is 8.85. The van der Waals surface area contributed by atoms with Gasteiger partial charge in [0.25, 0.3) is 0 Å². The Balaban J connectivity index is 2.07. The fourth-order valence-corrected chi connectivity index (χ4v) is 2.36. The van der Waals surface area contributed by atoms with Crippen LogP contribution in [0.5, 0.6) is 11.5 Å². The number of hydrogen-bond donors (Lipinski definition) is 0. The average Bonchev–Trinajstić information content (AvgIpc) is 2.41. The summed E-state index contributed by atoms with van der Waals surface area (Å²) in [5, 5.41) is 8.85. The average molecular weight is 245 g/mol. The first-order valence-electron chi connectivity index (χ1n) is 6.47. The van der Waals surface area contributed by atoms with Gasteiger partial charge in [0.2, 0.25) is 0 Å². The van der Waals surface area contributed by atoms with E-state index in [0.717, 1.165) is 24.5 Å². The van der Waals surface area contributed by atoms with Gasteiger partial charge in [0.1, 0.15) is 0 Å². The van der Waals surface area contributed by atoms with Crippen LogP contribution in [-0.2, 0) is 0 Å². The maximum atomic E-state index is 8.85. The molecule has 0 heterocycles. The number of benzene rings is 1. The van der Waals surface area contributed by atoms with Gasteiger partial charge in [-0.25, -0.2) is 0 Å². The third-order valence-corrected chi connectivity index (χ3v) is 3.55. The zero-order chi connectivity index (χ0) is 13.0. The van der Waals surface area contributed by atoms with Crippen LogP contribution in [0.25, 0.3) is 0 Å². The van der Waals surface area contributed by atoms with E-state index in [-0.39, 0.29) is 6.10 Å². The Kier molecular flexibility index (Phi) is 4.09. The standard InChI is InChI=1S/C15H19NO2/c1-11-3-6-13(7-4-11)18-14-8-5-12(10-16)9-15(14)17-2/h5,8-9,11,13H,3-4,6-7H2,1-2H3. The van der Waals surface area contributed by atoms with Gasteiger partial charge in [-0.15, -0.1) is 0 Å². The van der Waals surface area contributed by atoms with Crippen LogP contribution in [0.4, 0.5) is 0 Å². The molecule has 3 heteroatoms. The second-order valence-electron chi connectivity index (χ2n) is 4.98. The molecule has 0 atom stereocenters. The van der Waals surface area contributed by atoms with E-state index >= 15 is 0 Å². The first-order valence-corrected chi connectivity index (χ1v) is 6.47. The number of hydrogen-bond acceptors (Lipinski definition) is 3. The molecule has 0 aromatic heterocycles. The van der Waals surface area contributed by atoms with E-state index in [2.05, 4.69) is 13.0 Å². The van der Waals surface area contributed by atoms with Gasteiger partial charge in [0.15, 0.2) is 11.5 Å². The van der Waals surface area contributed by atoms with Crippen molar-refractivity contribution < 1.29 is 9.47 Å². The highest BCUT2D eigenvalue weighted by molar-refractivity contribution is 5.46. The van der Waals surface area contributed by atoms with Crippen LogP contribution in [0.2, 0.25) is 0 Å². The number of nitriles is 1. The van der Waals surface area contributed by atoms with Crippen molar-refractivity contribution in [3.63, 3.8) is 0 Å². The van der Waals surface area contributed by atoms with Crippen molar-refractivity contribution in [2.45, 2.75) is 38.7 Å². The van der Waals surface area contributed by atoms with Gasteiger partial charge < -0.3 is 9.47 Å². The Morgan fingerprint density at radius 3 is 2.50 bits per heavy atom. The minimum Gasteiger partial charge on any atom is -0.493 e. The van der Waals surface area contributed by atoms with E-state index < -0.39 is 0 Å². The largest absolute Gasteiger partial charge is 0.493 e. The molecule has 2 rings (SSSR count). The summed E-state index contributed by atoms with van der Waals surface area (Å²) in [5.41, 5.74) is 0.594. The van der Waals surface area contributed by atoms with E-state index in [1.165, 1.54) is 12.8 Å². The van der Waals surface area contributed by atoms with Gasteiger partial charge in [0.05, 0.1) is 24.8 Å². The Labute approximate surface area is 108 Å². The van der Waals surface area contributed by atoms with Crippen molar-refractivity contribution in [2.24, 2.45) is 5.92 Å². The zero-order valence-corrected chi connectivity index (χ0v) is 11.0. The smallest absolute Gasteiger partial charge is 0.162 e. The van der Waals surface area contributed by atoms with Crippen LogP contribution in [0.1, 0.15) is 38.2 Å². The number of nitrogens with zero attached hydrogens (tertiary/aromatic N) is 1. The first kappa shape index (κ1) is 12.8. The van der Waals surface area contributed by atoms with Crippen LogP contribution in [0, 0.1) is 17.2 Å². The molecular weight excluding hydrogens is 226 g/mol. The van der Waals surface area contributed by atoms with Crippen LogP contribution in [0.3, 0.4) is 0 Å². The number of rotatable bonds is 3. The number of methoxy groups -OCH3 is 1. The first-order chi connectivity index (χ1) is 8.72. The monoisotopic (exact) mass is 245 g/mol. The van der Waals surface area contributed by atoms with Crippen molar-refractivity contribution in [1.82, 2.24) is 0 Å². The van der Waals surface area contributed by atoms with Gasteiger partial charge >= 0.3 is 0 Å². The van der Waals surface area contributed by atoms with Gasteiger partial charge in [-0.2, -0.15) is 5.26 Å². The summed E-state index contributed by atoms with van der Waals surface area (Å²) in [6, 6.07) is 7.42. The second kappa shape index (κ2) is 5.77. The van der Waals surface area contributed by atoms with Crippen LogP contribution in [0.15, 0.2) is 18.2 Å². The van der Waals surface area contributed by atoms with Crippen LogP contribution < -0.4 is 9.47 Å². The topological polar surface area (TPSA) is 42.2 Å². The molecule has 0 N–H and O–H groups in total. The Bertz CT molecular complexity index is 442. The van der Waals surface area contributed by atoms with Gasteiger partial charge in [-0.1, -0.05) is 6.92 Å². The lowest BCUT2D eigenvalue weighted by Crippen LogP contribution is -2.23. The van der Waals surface area contributed by atoms with Crippen molar-refractivity contribution in [3.8, 4) is 17.6 Å². The summed E-state index contributed by atoms with van der Waals surface area (Å²) < 4.78 is 11.3. The van der Waals surface area contributed by atoms with Crippen molar-refractivity contribution in [3.05, 3.63) is 23.8 Å². The quantitative estimate of drug-likeness (QED) is 0.818. The Morgan fingerprint density at radius 1 is 1.17 bits per heavy atom.